The van der Waals surface area contributed by atoms with Gasteiger partial charge < -0.3 is 19.7 Å². The number of sulfone groups is 1. The molecule has 0 aromatic heterocycles. The Morgan fingerprint density at radius 2 is 2.03 bits per heavy atom. The molecule has 8 nitrogen and oxygen atoms in total. The third-order valence-electron chi connectivity index (χ3n) is 5.71. The average molecular weight is 489 g/mol. The molecule has 1 aromatic carbocycles. The van der Waals surface area contributed by atoms with Crippen molar-refractivity contribution in [2.24, 2.45) is 5.92 Å². The minimum atomic E-state index is -3.46. The van der Waals surface area contributed by atoms with E-state index in [4.69, 9.17) is 9.47 Å². The molecular formula is C25H32N2O6S. The van der Waals surface area contributed by atoms with Crippen LogP contribution in [0, 0.1) is 5.92 Å². The van der Waals surface area contributed by atoms with Gasteiger partial charge in [-0.25, -0.2) is 8.42 Å². The van der Waals surface area contributed by atoms with E-state index >= 15 is 0 Å². The van der Waals surface area contributed by atoms with Gasteiger partial charge >= 0.3 is 0 Å². The molecule has 1 aliphatic carbocycles. The van der Waals surface area contributed by atoms with E-state index in [1.165, 1.54) is 12.0 Å². The van der Waals surface area contributed by atoms with Crippen LogP contribution in [0.4, 0.5) is 0 Å². The maximum absolute atomic E-state index is 13.6. The molecule has 2 aliphatic rings. The maximum Gasteiger partial charge on any atom is 0.257 e. The first-order valence-corrected chi connectivity index (χ1v) is 13.3. The number of methoxy groups -OCH3 is 1. The van der Waals surface area contributed by atoms with E-state index in [-0.39, 0.29) is 30.0 Å². The molecule has 2 amide bonds. The van der Waals surface area contributed by atoms with Gasteiger partial charge in [0.1, 0.15) is 9.84 Å². The Morgan fingerprint density at radius 1 is 1.32 bits per heavy atom. The number of benzene rings is 1. The van der Waals surface area contributed by atoms with Crippen LogP contribution in [0.2, 0.25) is 0 Å². The summed E-state index contributed by atoms with van der Waals surface area (Å²) in [4.78, 5) is 27.5. The fourth-order valence-electron chi connectivity index (χ4n) is 3.96. The number of likely N-dealkylation sites (tertiary alicyclic amines) is 1. The SMILES string of the molecule is C=C1CN(C(CS(C)(=O)=O)c2ccc(OC)c(OCC)c2)C(=O)C1=C(C=CC)NC(=O)C1CC1. The van der Waals surface area contributed by atoms with Gasteiger partial charge in [-0.3, -0.25) is 9.59 Å². The van der Waals surface area contributed by atoms with E-state index in [2.05, 4.69) is 11.9 Å². The average Bonchev–Trinajstić information content (AvgIpc) is 3.57. The van der Waals surface area contributed by atoms with Crippen molar-refractivity contribution >= 4 is 21.7 Å². The van der Waals surface area contributed by atoms with E-state index in [0.717, 1.165) is 19.1 Å². The molecule has 9 heteroatoms. The highest BCUT2D eigenvalue weighted by Crippen LogP contribution is 2.37. The molecular weight excluding hydrogens is 456 g/mol. The summed E-state index contributed by atoms with van der Waals surface area (Å²) in [5, 5.41) is 2.86. The zero-order chi connectivity index (χ0) is 25.0. The summed E-state index contributed by atoms with van der Waals surface area (Å²) in [5.74, 6) is 0.175. The second-order valence-electron chi connectivity index (χ2n) is 8.54. The molecule has 1 unspecified atom stereocenters. The Hall–Kier alpha value is -3.07. The van der Waals surface area contributed by atoms with E-state index in [0.29, 0.717) is 40.5 Å². The van der Waals surface area contributed by atoms with Crippen molar-refractivity contribution in [3.63, 3.8) is 0 Å². The molecule has 34 heavy (non-hydrogen) atoms. The number of allylic oxidation sites excluding steroid dienone is 2. The predicted octanol–water partition coefficient (Wildman–Crippen LogP) is 2.93. The second kappa shape index (κ2) is 10.5. The van der Waals surface area contributed by atoms with Crippen molar-refractivity contribution in [2.75, 3.05) is 32.3 Å². The first-order valence-electron chi connectivity index (χ1n) is 11.2. The summed E-state index contributed by atoms with van der Waals surface area (Å²) in [7, 11) is -1.93. The van der Waals surface area contributed by atoms with Crippen LogP contribution < -0.4 is 14.8 Å². The highest BCUT2D eigenvalue weighted by molar-refractivity contribution is 7.90. The molecule has 1 saturated heterocycles. The molecule has 184 valence electrons. The van der Waals surface area contributed by atoms with Crippen LogP contribution in [0.15, 0.2) is 53.8 Å². The van der Waals surface area contributed by atoms with E-state index in [9.17, 15) is 18.0 Å². The molecule has 2 fully saturated rings. The number of amides is 2. The molecule has 1 aromatic rings. The smallest absolute Gasteiger partial charge is 0.257 e. The van der Waals surface area contributed by atoms with Crippen LogP contribution in [0.3, 0.4) is 0 Å². The summed E-state index contributed by atoms with van der Waals surface area (Å²) < 4.78 is 35.7. The molecule has 1 N–H and O–H groups in total. The number of ether oxygens (including phenoxy) is 2. The van der Waals surface area contributed by atoms with Gasteiger partial charge in [-0.05, 0) is 56.0 Å². The first-order chi connectivity index (χ1) is 16.1. The van der Waals surface area contributed by atoms with Crippen LogP contribution >= 0.6 is 0 Å². The monoisotopic (exact) mass is 488 g/mol. The van der Waals surface area contributed by atoms with Crippen molar-refractivity contribution in [3.8, 4) is 11.5 Å². The van der Waals surface area contributed by atoms with Crippen LogP contribution in [-0.2, 0) is 19.4 Å². The fraction of sp³-hybridized carbons (Fsp3) is 0.440. The van der Waals surface area contributed by atoms with Crippen LogP contribution in [0.1, 0.15) is 38.3 Å². The molecule has 1 aliphatic heterocycles. The number of carbonyl (C=O) groups is 2. The van der Waals surface area contributed by atoms with Crippen LogP contribution in [0.5, 0.6) is 11.5 Å². The Morgan fingerprint density at radius 3 is 2.59 bits per heavy atom. The van der Waals surface area contributed by atoms with Gasteiger partial charge in [0.15, 0.2) is 11.5 Å². The summed E-state index contributed by atoms with van der Waals surface area (Å²) >= 11 is 0. The number of nitrogens with one attached hydrogen (secondary N) is 1. The Bertz CT molecular complexity index is 1150. The van der Waals surface area contributed by atoms with Gasteiger partial charge in [0.25, 0.3) is 5.91 Å². The number of carbonyl (C=O) groups excluding carboxylic acids is 2. The third kappa shape index (κ3) is 5.88. The highest BCUT2D eigenvalue weighted by Gasteiger charge is 2.39. The number of hydrogen-bond donors (Lipinski definition) is 1. The largest absolute Gasteiger partial charge is 0.493 e. The Labute approximate surface area is 201 Å². The van der Waals surface area contributed by atoms with Gasteiger partial charge in [0.2, 0.25) is 5.91 Å². The van der Waals surface area contributed by atoms with E-state index in [1.54, 1.807) is 37.3 Å². The van der Waals surface area contributed by atoms with Crippen molar-refractivity contribution in [3.05, 3.63) is 59.3 Å². The van der Waals surface area contributed by atoms with Gasteiger partial charge in [-0.2, -0.15) is 0 Å². The molecule has 3 rings (SSSR count). The lowest BCUT2D eigenvalue weighted by Crippen LogP contribution is -2.35. The fourth-order valence-corrected chi connectivity index (χ4v) is 4.91. The molecule has 0 radical (unpaired) electrons. The third-order valence-corrected chi connectivity index (χ3v) is 6.63. The van der Waals surface area contributed by atoms with Gasteiger partial charge in [0.05, 0.1) is 36.8 Å². The normalized spacial score (nSPS) is 18.9. The summed E-state index contributed by atoms with van der Waals surface area (Å²) in [6, 6.07) is 4.37. The van der Waals surface area contributed by atoms with Gasteiger partial charge in [0, 0.05) is 18.7 Å². The molecule has 1 heterocycles. The molecule has 0 bridgehead atoms. The summed E-state index contributed by atoms with van der Waals surface area (Å²) in [6.45, 7) is 8.23. The zero-order valence-electron chi connectivity index (χ0n) is 20.1. The minimum absolute atomic E-state index is 0.0315. The standard InChI is InChI=1S/C25H32N2O6S/c1-6-8-19(26-24(28)17-9-10-17)23-16(3)14-27(25(23)29)20(15-34(5,30)31)18-11-12-21(32-4)22(13-18)33-7-2/h6,8,11-13,17,20H,3,7,9-10,14-15H2,1-2,4-5H3,(H,26,28). The van der Waals surface area contributed by atoms with E-state index < -0.39 is 15.9 Å². The highest BCUT2D eigenvalue weighted by atomic mass is 32.2. The predicted molar refractivity (Wildman–Crippen MR) is 130 cm³/mol. The van der Waals surface area contributed by atoms with Crippen molar-refractivity contribution in [1.82, 2.24) is 10.2 Å². The Balaban J connectivity index is 2.04. The zero-order valence-corrected chi connectivity index (χ0v) is 20.9. The summed E-state index contributed by atoms with van der Waals surface area (Å²) in [6.07, 6.45) is 6.22. The van der Waals surface area contributed by atoms with Crippen molar-refractivity contribution in [1.29, 1.82) is 0 Å². The topological polar surface area (TPSA) is 102 Å². The van der Waals surface area contributed by atoms with Crippen molar-refractivity contribution < 1.29 is 27.5 Å². The molecule has 1 atom stereocenters. The lowest BCUT2D eigenvalue weighted by atomic mass is 10.1. The van der Waals surface area contributed by atoms with Gasteiger partial charge in [-0.15, -0.1) is 0 Å². The second-order valence-corrected chi connectivity index (χ2v) is 10.7. The van der Waals surface area contributed by atoms with E-state index in [1.807, 2.05) is 6.92 Å². The maximum atomic E-state index is 13.6. The Kier molecular flexibility index (Phi) is 7.86. The summed E-state index contributed by atoms with van der Waals surface area (Å²) in [5.41, 5.74) is 1.81. The van der Waals surface area contributed by atoms with Crippen LogP contribution in [-0.4, -0.2) is 57.4 Å². The molecule has 1 saturated carbocycles. The number of hydrogen-bond acceptors (Lipinski definition) is 6. The first kappa shape index (κ1) is 25.6. The number of rotatable bonds is 10. The minimum Gasteiger partial charge on any atom is -0.493 e. The lowest BCUT2D eigenvalue weighted by molar-refractivity contribution is -0.126. The van der Waals surface area contributed by atoms with Crippen LogP contribution in [0.25, 0.3) is 0 Å². The quantitative estimate of drug-likeness (QED) is 0.508. The number of nitrogens with zero attached hydrogens (tertiary/aromatic N) is 1. The van der Waals surface area contributed by atoms with Gasteiger partial charge in [-0.1, -0.05) is 18.7 Å². The van der Waals surface area contributed by atoms with Crippen molar-refractivity contribution in [2.45, 2.75) is 32.7 Å². The lowest BCUT2D eigenvalue weighted by Gasteiger charge is -2.28. The molecule has 0 spiro atoms.